The van der Waals surface area contributed by atoms with Gasteiger partial charge in [0.25, 0.3) is 5.69 Å². The largest absolute Gasteiger partial charge is 0.327 e. The van der Waals surface area contributed by atoms with Crippen LogP contribution < -0.4 is 5.73 Å². The van der Waals surface area contributed by atoms with Gasteiger partial charge in [0.15, 0.2) is 0 Å². The number of nitrogens with zero attached hydrogens (tertiary/aromatic N) is 1. The van der Waals surface area contributed by atoms with Crippen molar-refractivity contribution in [2.75, 3.05) is 0 Å². The average Bonchev–Trinajstić information content (AvgIpc) is 2.47. The second-order valence-electron chi connectivity index (χ2n) is 6.07. The zero-order chi connectivity index (χ0) is 15.6. The summed E-state index contributed by atoms with van der Waals surface area (Å²) in [4.78, 5) is 10.8. The first-order valence-corrected chi connectivity index (χ1v) is 8.52. The highest BCUT2D eigenvalue weighted by Gasteiger charge is 2.34. The van der Waals surface area contributed by atoms with Gasteiger partial charge in [-0.25, -0.2) is 0 Å². The number of nitrogens with two attached hydrogens (primary N) is 1. The number of hydrogen-bond donors (Lipinski definition) is 1. The van der Waals surface area contributed by atoms with Crippen LogP contribution >= 0.6 is 0 Å². The topological polar surface area (TPSA) is 86.2 Å². The van der Waals surface area contributed by atoms with Gasteiger partial charge in [-0.15, -0.1) is 0 Å². The van der Waals surface area contributed by atoms with Crippen molar-refractivity contribution in [1.82, 2.24) is 0 Å². The Kier molecular flexibility index (Phi) is 5.11. The molecule has 1 aromatic rings. The highest BCUT2D eigenvalue weighted by Crippen LogP contribution is 2.33. The van der Waals surface area contributed by atoms with Gasteiger partial charge in [-0.1, -0.05) is 13.8 Å². The molecule has 0 aromatic heterocycles. The Balaban J connectivity index is 2.15. The minimum atomic E-state index is -1.21. The standard InChI is InChI=1S/C15H22N2O3S/c1-10(2)11-3-8-14(16)15(9-11)21(20)13-6-4-12(5-7-13)17(18)19/h4-7,10-11,14-15H,3,8-9,16H2,1-2H3. The van der Waals surface area contributed by atoms with Crippen LogP contribution in [-0.4, -0.2) is 20.4 Å². The van der Waals surface area contributed by atoms with E-state index in [0.717, 1.165) is 19.3 Å². The summed E-state index contributed by atoms with van der Waals surface area (Å²) in [6, 6.07) is 5.92. The number of hydrogen-bond acceptors (Lipinski definition) is 4. The van der Waals surface area contributed by atoms with Crippen molar-refractivity contribution in [1.29, 1.82) is 0 Å². The van der Waals surface area contributed by atoms with Crippen molar-refractivity contribution in [3.63, 3.8) is 0 Å². The van der Waals surface area contributed by atoms with E-state index < -0.39 is 15.7 Å². The maximum Gasteiger partial charge on any atom is 0.269 e. The van der Waals surface area contributed by atoms with Crippen molar-refractivity contribution < 1.29 is 9.13 Å². The van der Waals surface area contributed by atoms with Crippen LogP contribution in [0.4, 0.5) is 5.69 Å². The molecule has 0 aliphatic heterocycles. The van der Waals surface area contributed by atoms with Gasteiger partial charge < -0.3 is 5.73 Å². The summed E-state index contributed by atoms with van der Waals surface area (Å²) in [6.45, 7) is 4.38. The Morgan fingerprint density at radius 1 is 1.29 bits per heavy atom. The molecule has 1 aliphatic carbocycles. The normalized spacial score (nSPS) is 27.5. The van der Waals surface area contributed by atoms with Crippen LogP contribution in [0.15, 0.2) is 29.2 Å². The summed E-state index contributed by atoms with van der Waals surface area (Å²) in [5.41, 5.74) is 6.17. The van der Waals surface area contributed by atoms with Crippen LogP contribution in [0, 0.1) is 22.0 Å². The Morgan fingerprint density at radius 3 is 2.43 bits per heavy atom. The van der Waals surface area contributed by atoms with Gasteiger partial charge in [0.2, 0.25) is 0 Å². The van der Waals surface area contributed by atoms with Crippen LogP contribution in [0.3, 0.4) is 0 Å². The fourth-order valence-electron chi connectivity index (χ4n) is 2.91. The molecule has 2 rings (SSSR count). The average molecular weight is 310 g/mol. The van der Waals surface area contributed by atoms with Gasteiger partial charge in [-0.05, 0) is 43.2 Å². The Bertz CT molecular complexity index is 530. The second-order valence-corrected chi connectivity index (χ2v) is 7.74. The molecule has 1 aromatic carbocycles. The smallest absolute Gasteiger partial charge is 0.269 e. The number of benzene rings is 1. The molecule has 0 heterocycles. The van der Waals surface area contributed by atoms with Crippen molar-refractivity contribution in [3.8, 4) is 0 Å². The van der Waals surface area contributed by atoms with Crippen molar-refractivity contribution in [3.05, 3.63) is 34.4 Å². The van der Waals surface area contributed by atoms with Crippen molar-refractivity contribution >= 4 is 16.5 Å². The van der Waals surface area contributed by atoms with Gasteiger partial charge in [-0.2, -0.15) is 0 Å². The van der Waals surface area contributed by atoms with E-state index in [2.05, 4.69) is 13.8 Å². The van der Waals surface area contributed by atoms with E-state index in [-0.39, 0.29) is 17.0 Å². The van der Waals surface area contributed by atoms with Crippen LogP contribution in [0.25, 0.3) is 0 Å². The van der Waals surface area contributed by atoms with E-state index in [0.29, 0.717) is 16.7 Å². The molecule has 21 heavy (non-hydrogen) atoms. The maximum absolute atomic E-state index is 12.7. The second kappa shape index (κ2) is 6.66. The van der Waals surface area contributed by atoms with Crippen LogP contribution in [-0.2, 0) is 10.8 Å². The molecule has 2 N–H and O–H groups in total. The van der Waals surface area contributed by atoms with E-state index in [4.69, 9.17) is 5.73 Å². The van der Waals surface area contributed by atoms with Crippen LogP contribution in [0.2, 0.25) is 0 Å². The molecule has 0 spiro atoms. The Morgan fingerprint density at radius 2 is 1.90 bits per heavy atom. The monoisotopic (exact) mass is 310 g/mol. The fraction of sp³-hybridized carbons (Fsp3) is 0.600. The predicted octanol–water partition coefficient (Wildman–Crippen LogP) is 2.85. The van der Waals surface area contributed by atoms with Gasteiger partial charge in [-0.3, -0.25) is 14.3 Å². The fourth-order valence-corrected chi connectivity index (χ4v) is 4.54. The van der Waals surface area contributed by atoms with Gasteiger partial charge in [0, 0.05) is 23.1 Å². The third kappa shape index (κ3) is 3.68. The first-order valence-electron chi connectivity index (χ1n) is 7.30. The lowest BCUT2D eigenvalue weighted by Gasteiger charge is -2.35. The Hall–Kier alpha value is -1.27. The molecular weight excluding hydrogens is 288 g/mol. The van der Waals surface area contributed by atoms with Crippen LogP contribution in [0.5, 0.6) is 0 Å². The molecule has 1 saturated carbocycles. The quantitative estimate of drug-likeness (QED) is 0.684. The van der Waals surface area contributed by atoms with Crippen molar-refractivity contribution in [2.24, 2.45) is 17.6 Å². The van der Waals surface area contributed by atoms with Gasteiger partial charge in [0.1, 0.15) is 0 Å². The molecule has 5 nitrogen and oxygen atoms in total. The molecule has 6 heteroatoms. The summed E-state index contributed by atoms with van der Waals surface area (Å²) in [6.07, 6.45) is 2.85. The number of rotatable bonds is 4. The van der Waals surface area contributed by atoms with E-state index in [1.807, 2.05) is 0 Å². The van der Waals surface area contributed by atoms with Crippen LogP contribution in [0.1, 0.15) is 33.1 Å². The number of nitro groups is 1. The number of non-ortho nitro benzene ring substituents is 1. The third-order valence-electron chi connectivity index (χ3n) is 4.38. The van der Waals surface area contributed by atoms with E-state index in [9.17, 15) is 14.3 Å². The molecule has 4 atom stereocenters. The molecule has 1 fully saturated rings. The minimum Gasteiger partial charge on any atom is -0.327 e. The first kappa shape index (κ1) is 16.1. The van der Waals surface area contributed by atoms with Gasteiger partial charge in [0.05, 0.1) is 21.0 Å². The predicted molar refractivity (Wildman–Crippen MR) is 83.4 cm³/mol. The molecule has 116 valence electrons. The Labute approximate surface area is 127 Å². The summed E-state index contributed by atoms with van der Waals surface area (Å²) >= 11 is 0. The summed E-state index contributed by atoms with van der Waals surface area (Å²) in [7, 11) is -1.21. The molecule has 4 unspecified atom stereocenters. The molecule has 0 saturated heterocycles. The summed E-state index contributed by atoms with van der Waals surface area (Å²) in [5, 5.41) is 10.6. The van der Waals surface area contributed by atoms with E-state index >= 15 is 0 Å². The lowest BCUT2D eigenvalue weighted by atomic mass is 9.79. The SMILES string of the molecule is CC(C)C1CCC(N)C(S(=O)c2ccc([N+](=O)[O-])cc2)C1. The lowest BCUT2D eigenvalue weighted by molar-refractivity contribution is -0.384. The summed E-state index contributed by atoms with van der Waals surface area (Å²) in [5.74, 6) is 1.12. The lowest BCUT2D eigenvalue weighted by Crippen LogP contribution is -2.43. The summed E-state index contributed by atoms with van der Waals surface area (Å²) < 4.78 is 12.7. The zero-order valence-electron chi connectivity index (χ0n) is 12.4. The zero-order valence-corrected chi connectivity index (χ0v) is 13.2. The third-order valence-corrected chi connectivity index (χ3v) is 6.21. The number of nitro benzene ring substituents is 1. The molecular formula is C15H22N2O3S. The van der Waals surface area contributed by atoms with Crippen molar-refractivity contribution in [2.45, 2.75) is 49.3 Å². The highest BCUT2D eigenvalue weighted by molar-refractivity contribution is 7.85. The molecule has 0 bridgehead atoms. The first-order chi connectivity index (χ1) is 9.90. The van der Waals surface area contributed by atoms with Gasteiger partial charge >= 0.3 is 0 Å². The molecule has 1 aliphatic rings. The molecule has 0 radical (unpaired) electrons. The highest BCUT2D eigenvalue weighted by atomic mass is 32.2. The van der Waals surface area contributed by atoms with E-state index in [1.54, 1.807) is 12.1 Å². The van der Waals surface area contributed by atoms with E-state index in [1.165, 1.54) is 12.1 Å². The molecule has 0 amide bonds. The maximum atomic E-state index is 12.7. The minimum absolute atomic E-state index is 0.0174.